The van der Waals surface area contributed by atoms with Crippen LogP contribution in [-0.2, 0) is 19.4 Å². The van der Waals surface area contributed by atoms with E-state index in [-0.39, 0.29) is 41.7 Å². The Bertz CT molecular complexity index is 641. The van der Waals surface area contributed by atoms with Crippen LogP contribution in [0, 0.1) is 5.92 Å². The molecule has 7 heteroatoms. The first-order valence-corrected chi connectivity index (χ1v) is 10.7. The van der Waals surface area contributed by atoms with Crippen molar-refractivity contribution in [3.63, 3.8) is 0 Å². The van der Waals surface area contributed by atoms with Crippen LogP contribution in [0.2, 0.25) is 0 Å². The number of hydrogen-bond acceptors (Lipinski definition) is 4. The monoisotopic (exact) mass is 354 g/mol. The molecule has 2 saturated heterocycles. The van der Waals surface area contributed by atoms with E-state index in [0.717, 1.165) is 19.3 Å². The van der Waals surface area contributed by atoms with Gasteiger partial charge in [-0.1, -0.05) is 11.6 Å². The molecule has 0 radical (unpaired) electrons. The van der Waals surface area contributed by atoms with Crippen molar-refractivity contribution in [1.29, 1.82) is 0 Å². The molecule has 0 bridgehead atoms. The summed E-state index contributed by atoms with van der Waals surface area (Å²) >= 11 is 0. The molecule has 0 saturated carbocycles. The molecule has 6 nitrogen and oxygen atoms in total. The second-order valence-electron chi connectivity index (χ2n) is 7.21. The molecule has 0 aromatic heterocycles. The number of sulfone groups is 1. The smallest absolute Gasteiger partial charge is 0.225 e. The zero-order valence-electron chi connectivity index (χ0n) is 14.0. The molecule has 0 aromatic rings. The normalized spacial score (nSPS) is 29.6. The number of carbonyl (C=O) groups excluding carboxylic acids is 2. The molecule has 24 heavy (non-hydrogen) atoms. The number of amides is 2. The van der Waals surface area contributed by atoms with Crippen LogP contribution in [-0.4, -0.2) is 55.8 Å². The van der Waals surface area contributed by atoms with Crippen molar-refractivity contribution >= 4 is 21.7 Å². The first-order valence-electron chi connectivity index (χ1n) is 8.89. The fourth-order valence-electron chi connectivity index (χ4n) is 3.80. The van der Waals surface area contributed by atoms with Crippen LogP contribution in [0.25, 0.3) is 0 Å². The van der Waals surface area contributed by atoms with Crippen LogP contribution in [0.4, 0.5) is 0 Å². The number of carbonyl (C=O) groups is 2. The number of nitrogens with one attached hydrogen (secondary N) is 1. The zero-order chi connectivity index (χ0) is 17.2. The minimum absolute atomic E-state index is 0.0251. The Morgan fingerprint density at radius 2 is 2.17 bits per heavy atom. The molecule has 2 fully saturated rings. The summed E-state index contributed by atoms with van der Waals surface area (Å²) in [7, 11) is -3.01. The van der Waals surface area contributed by atoms with Crippen molar-refractivity contribution in [1.82, 2.24) is 10.2 Å². The van der Waals surface area contributed by atoms with Crippen LogP contribution in [0.1, 0.15) is 44.9 Å². The second kappa shape index (κ2) is 7.25. The maximum Gasteiger partial charge on any atom is 0.225 e. The minimum atomic E-state index is -3.01. The predicted molar refractivity (Wildman–Crippen MR) is 91.1 cm³/mol. The van der Waals surface area contributed by atoms with Crippen molar-refractivity contribution in [3.8, 4) is 0 Å². The molecule has 3 rings (SSSR count). The lowest BCUT2D eigenvalue weighted by molar-refractivity contribution is -0.129. The Kier molecular flexibility index (Phi) is 5.27. The molecule has 3 aliphatic rings. The van der Waals surface area contributed by atoms with Gasteiger partial charge in [-0.15, -0.1) is 0 Å². The Morgan fingerprint density at radius 1 is 1.33 bits per heavy atom. The second-order valence-corrected chi connectivity index (χ2v) is 9.44. The molecule has 0 aromatic carbocycles. The highest BCUT2D eigenvalue weighted by Gasteiger charge is 2.36. The third kappa shape index (κ3) is 4.37. The van der Waals surface area contributed by atoms with Gasteiger partial charge in [-0.2, -0.15) is 0 Å². The quantitative estimate of drug-likeness (QED) is 0.748. The lowest BCUT2D eigenvalue weighted by Crippen LogP contribution is -2.40. The van der Waals surface area contributed by atoms with Gasteiger partial charge < -0.3 is 10.2 Å². The topological polar surface area (TPSA) is 83.5 Å². The van der Waals surface area contributed by atoms with Crippen molar-refractivity contribution in [2.75, 3.05) is 24.6 Å². The van der Waals surface area contributed by atoms with E-state index in [9.17, 15) is 18.0 Å². The number of likely N-dealkylation sites (tertiary alicyclic amines) is 1. The molecular formula is C17H26N2O4S. The third-order valence-electron chi connectivity index (χ3n) is 5.25. The third-order valence-corrected chi connectivity index (χ3v) is 7.02. The van der Waals surface area contributed by atoms with Crippen LogP contribution in [0.5, 0.6) is 0 Å². The fraction of sp³-hybridized carbons (Fsp3) is 0.765. The van der Waals surface area contributed by atoms with Crippen LogP contribution < -0.4 is 5.32 Å². The van der Waals surface area contributed by atoms with Gasteiger partial charge in [0.25, 0.3) is 0 Å². The molecule has 2 amide bonds. The number of allylic oxidation sites excluding steroid dienone is 1. The van der Waals surface area contributed by atoms with E-state index in [0.29, 0.717) is 19.5 Å². The van der Waals surface area contributed by atoms with E-state index >= 15 is 0 Å². The van der Waals surface area contributed by atoms with Gasteiger partial charge in [0.1, 0.15) is 0 Å². The molecule has 2 heterocycles. The summed E-state index contributed by atoms with van der Waals surface area (Å²) in [5.74, 6) is -0.323. The molecule has 2 aliphatic heterocycles. The Morgan fingerprint density at radius 3 is 2.83 bits per heavy atom. The van der Waals surface area contributed by atoms with Crippen molar-refractivity contribution < 1.29 is 18.0 Å². The standard InChI is InChI=1S/C17H26N2O4S/c20-16-10-14(17(21)18-15-7-9-24(22,23)12-15)11-19(16)8-6-13-4-2-1-3-5-13/h4,14-15H,1-3,5-12H2,(H,18,21). The molecule has 2 unspecified atom stereocenters. The average Bonchev–Trinajstić information content (AvgIpc) is 3.08. The number of nitrogens with zero attached hydrogens (tertiary/aromatic N) is 1. The highest BCUT2D eigenvalue weighted by molar-refractivity contribution is 7.91. The summed E-state index contributed by atoms with van der Waals surface area (Å²) < 4.78 is 22.9. The summed E-state index contributed by atoms with van der Waals surface area (Å²) in [6.07, 6.45) is 8.66. The van der Waals surface area contributed by atoms with Gasteiger partial charge in [0.15, 0.2) is 9.84 Å². The molecule has 2 atom stereocenters. The van der Waals surface area contributed by atoms with Gasteiger partial charge in [-0.25, -0.2) is 8.42 Å². The fourth-order valence-corrected chi connectivity index (χ4v) is 5.48. The lowest BCUT2D eigenvalue weighted by atomic mass is 9.97. The van der Waals surface area contributed by atoms with Crippen LogP contribution >= 0.6 is 0 Å². The van der Waals surface area contributed by atoms with Gasteiger partial charge in [0.2, 0.25) is 11.8 Å². The first kappa shape index (κ1) is 17.5. The average molecular weight is 354 g/mol. The number of hydrogen-bond donors (Lipinski definition) is 1. The van der Waals surface area contributed by atoms with Gasteiger partial charge in [0.05, 0.1) is 17.4 Å². The molecule has 1 aliphatic carbocycles. The summed E-state index contributed by atoms with van der Waals surface area (Å²) in [6, 6.07) is -0.293. The zero-order valence-corrected chi connectivity index (χ0v) is 14.8. The summed E-state index contributed by atoms with van der Waals surface area (Å²) in [6.45, 7) is 1.14. The van der Waals surface area contributed by atoms with Gasteiger partial charge in [0, 0.05) is 25.6 Å². The van der Waals surface area contributed by atoms with E-state index < -0.39 is 9.84 Å². The van der Waals surface area contributed by atoms with Crippen LogP contribution in [0.15, 0.2) is 11.6 Å². The predicted octanol–water partition coefficient (Wildman–Crippen LogP) is 1.03. The molecule has 134 valence electrons. The van der Waals surface area contributed by atoms with E-state index in [1.165, 1.54) is 18.4 Å². The Labute approximate surface area is 143 Å². The van der Waals surface area contributed by atoms with Crippen molar-refractivity contribution in [2.45, 2.75) is 51.0 Å². The summed E-state index contributed by atoms with van der Waals surface area (Å²) in [5.41, 5.74) is 1.43. The maximum atomic E-state index is 12.3. The highest BCUT2D eigenvalue weighted by Crippen LogP contribution is 2.24. The van der Waals surface area contributed by atoms with Crippen molar-refractivity contribution in [3.05, 3.63) is 11.6 Å². The maximum absolute atomic E-state index is 12.3. The minimum Gasteiger partial charge on any atom is -0.352 e. The van der Waals surface area contributed by atoms with Crippen molar-refractivity contribution in [2.24, 2.45) is 5.92 Å². The summed E-state index contributed by atoms with van der Waals surface area (Å²) in [4.78, 5) is 26.2. The van der Waals surface area contributed by atoms with E-state index in [1.54, 1.807) is 4.90 Å². The molecule has 1 N–H and O–H groups in total. The Balaban J connectivity index is 1.47. The largest absolute Gasteiger partial charge is 0.352 e. The summed E-state index contributed by atoms with van der Waals surface area (Å²) in [5, 5.41) is 2.81. The SMILES string of the molecule is O=C(NC1CCS(=O)(=O)C1)C1CC(=O)N(CCC2=CCCCC2)C1. The van der Waals surface area contributed by atoms with E-state index in [2.05, 4.69) is 11.4 Å². The molecule has 0 spiro atoms. The first-order chi connectivity index (χ1) is 11.4. The van der Waals surface area contributed by atoms with Gasteiger partial charge >= 0.3 is 0 Å². The van der Waals surface area contributed by atoms with Gasteiger partial charge in [-0.05, 0) is 38.5 Å². The highest BCUT2D eigenvalue weighted by atomic mass is 32.2. The van der Waals surface area contributed by atoms with Gasteiger partial charge in [-0.3, -0.25) is 9.59 Å². The van der Waals surface area contributed by atoms with E-state index in [4.69, 9.17) is 0 Å². The molecular weight excluding hydrogens is 328 g/mol. The van der Waals surface area contributed by atoms with E-state index in [1.807, 2.05) is 0 Å². The number of rotatable bonds is 5. The lowest BCUT2D eigenvalue weighted by Gasteiger charge is -2.19. The Hall–Kier alpha value is -1.37. The van der Waals surface area contributed by atoms with Crippen LogP contribution in [0.3, 0.4) is 0 Å².